The molecule has 0 bridgehead atoms. The van der Waals surface area contributed by atoms with E-state index < -0.39 is 22.7 Å². The zero-order valence-corrected chi connectivity index (χ0v) is 17.8. The van der Waals surface area contributed by atoms with Crippen LogP contribution in [0.2, 0.25) is 0 Å². The lowest BCUT2D eigenvalue weighted by Crippen LogP contribution is -2.38. The highest BCUT2D eigenvalue weighted by atomic mass is 16.6. The number of nitrogens with zero attached hydrogens (tertiary/aromatic N) is 2. The van der Waals surface area contributed by atoms with Crippen LogP contribution in [-0.4, -0.2) is 46.5 Å². The summed E-state index contributed by atoms with van der Waals surface area (Å²) in [6.45, 7) is 9.66. The molecule has 1 heterocycles. The molecule has 29 heavy (non-hydrogen) atoms. The highest BCUT2D eigenvalue weighted by molar-refractivity contribution is 5.81. The van der Waals surface area contributed by atoms with E-state index in [1.165, 1.54) is 13.0 Å². The Labute approximate surface area is 171 Å². The van der Waals surface area contributed by atoms with Crippen molar-refractivity contribution in [1.29, 1.82) is 0 Å². The maximum atomic E-state index is 12.4. The zero-order chi connectivity index (χ0) is 21.8. The standard InChI is InChI=1S/C21H30N2O6/c1-6-7-18(14(2)24)28-19-13-16-9-11-22(20(25)29-21(3,4)5)10-8-15(16)12-17(19)23(26)27/h12-13,18H,6-11H2,1-5H3. The highest BCUT2D eigenvalue weighted by Crippen LogP contribution is 2.34. The van der Waals surface area contributed by atoms with E-state index in [1.54, 1.807) is 11.0 Å². The molecule has 1 amide bonds. The number of hydrogen-bond acceptors (Lipinski definition) is 6. The number of nitro groups is 1. The summed E-state index contributed by atoms with van der Waals surface area (Å²) in [5, 5.41) is 11.6. The summed E-state index contributed by atoms with van der Waals surface area (Å²) in [6, 6.07) is 3.16. The van der Waals surface area contributed by atoms with Crippen molar-refractivity contribution in [2.75, 3.05) is 13.1 Å². The number of hydrogen-bond donors (Lipinski definition) is 0. The van der Waals surface area contributed by atoms with Crippen LogP contribution in [0.1, 0.15) is 58.6 Å². The molecule has 0 radical (unpaired) electrons. The number of carbonyl (C=O) groups is 2. The minimum Gasteiger partial charge on any atom is -0.476 e. The molecule has 0 N–H and O–H groups in total. The van der Waals surface area contributed by atoms with Crippen LogP contribution < -0.4 is 4.74 Å². The maximum absolute atomic E-state index is 12.4. The van der Waals surface area contributed by atoms with E-state index in [4.69, 9.17) is 9.47 Å². The molecular weight excluding hydrogens is 376 g/mol. The molecule has 1 atom stereocenters. The van der Waals surface area contributed by atoms with E-state index in [0.29, 0.717) is 32.4 Å². The summed E-state index contributed by atoms with van der Waals surface area (Å²) >= 11 is 0. The highest BCUT2D eigenvalue weighted by Gasteiger charge is 2.28. The molecule has 1 unspecified atom stereocenters. The van der Waals surface area contributed by atoms with Crippen LogP contribution in [0.25, 0.3) is 0 Å². The molecule has 0 saturated carbocycles. The fourth-order valence-corrected chi connectivity index (χ4v) is 3.25. The van der Waals surface area contributed by atoms with Crippen molar-refractivity contribution in [1.82, 2.24) is 4.90 Å². The fraction of sp³-hybridized carbons (Fsp3) is 0.619. The van der Waals surface area contributed by atoms with Crippen molar-refractivity contribution in [3.8, 4) is 5.75 Å². The molecule has 1 aromatic rings. The molecule has 160 valence electrons. The molecule has 0 aromatic heterocycles. The van der Waals surface area contributed by atoms with Crippen molar-refractivity contribution < 1.29 is 24.0 Å². The minimum atomic E-state index is -0.708. The normalized spacial score (nSPS) is 15.1. The molecule has 8 nitrogen and oxygen atoms in total. The van der Waals surface area contributed by atoms with Crippen molar-refractivity contribution in [3.05, 3.63) is 33.4 Å². The van der Waals surface area contributed by atoms with Gasteiger partial charge in [0.25, 0.3) is 0 Å². The second kappa shape index (κ2) is 9.24. The Hall–Kier alpha value is -2.64. The van der Waals surface area contributed by atoms with Crippen molar-refractivity contribution in [2.45, 2.75) is 72.0 Å². The molecule has 1 aromatic carbocycles. The van der Waals surface area contributed by atoms with E-state index in [-0.39, 0.29) is 17.2 Å². The van der Waals surface area contributed by atoms with Gasteiger partial charge in [-0.05, 0) is 64.2 Å². The SMILES string of the molecule is CCCC(Oc1cc2c(cc1[N+](=O)[O-])CCN(C(=O)OC(C)(C)C)CC2)C(C)=O. The molecular formula is C21H30N2O6. The van der Waals surface area contributed by atoms with E-state index in [0.717, 1.165) is 17.5 Å². The number of carbonyl (C=O) groups excluding carboxylic acids is 2. The van der Waals surface area contributed by atoms with Crippen LogP contribution in [0.15, 0.2) is 12.1 Å². The Morgan fingerprint density at radius 1 is 1.21 bits per heavy atom. The van der Waals surface area contributed by atoms with Crippen LogP contribution in [-0.2, 0) is 22.4 Å². The summed E-state index contributed by atoms with van der Waals surface area (Å²) < 4.78 is 11.2. The van der Waals surface area contributed by atoms with Gasteiger partial charge in [0, 0.05) is 19.2 Å². The smallest absolute Gasteiger partial charge is 0.410 e. The van der Waals surface area contributed by atoms with Gasteiger partial charge in [-0.2, -0.15) is 0 Å². The minimum absolute atomic E-state index is 0.105. The first kappa shape index (κ1) is 22.6. The molecule has 0 saturated heterocycles. The van der Waals surface area contributed by atoms with Crippen LogP contribution in [0.5, 0.6) is 5.75 Å². The molecule has 0 aliphatic carbocycles. The number of benzene rings is 1. The summed E-state index contributed by atoms with van der Waals surface area (Å²) in [5.74, 6) is -0.0553. The molecule has 2 rings (SSSR count). The lowest BCUT2D eigenvalue weighted by molar-refractivity contribution is -0.386. The quantitative estimate of drug-likeness (QED) is 0.522. The van der Waals surface area contributed by atoms with Gasteiger partial charge < -0.3 is 14.4 Å². The first-order valence-electron chi connectivity index (χ1n) is 9.97. The molecule has 1 aliphatic rings. The summed E-state index contributed by atoms with van der Waals surface area (Å²) in [4.78, 5) is 36.9. The Balaban J connectivity index is 2.27. The second-order valence-corrected chi connectivity index (χ2v) is 8.32. The van der Waals surface area contributed by atoms with Gasteiger partial charge in [-0.25, -0.2) is 4.79 Å². The Bertz CT molecular complexity index is 784. The third-order valence-corrected chi connectivity index (χ3v) is 4.71. The van der Waals surface area contributed by atoms with Gasteiger partial charge >= 0.3 is 11.8 Å². The number of ketones is 1. The summed E-state index contributed by atoms with van der Waals surface area (Å²) in [5.41, 5.74) is 0.953. The molecule has 1 aliphatic heterocycles. The Morgan fingerprint density at radius 3 is 2.28 bits per heavy atom. The number of amides is 1. The van der Waals surface area contributed by atoms with Crippen molar-refractivity contribution in [2.24, 2.45) is 0 Å². The fourth-order valence-electron chi connectivity index (χ4n) is 3.25. The largest absolute Gasteiger partial charge is 0.476 e. The van der Waals surface area contributed by atoms with Gasteiger partial charge in [-0.3, -0.25) is 14.9 Å². The van der Waals surface area contributed by atoms with E-state index in [9.17, 15) is 19.7 Å². The number of fused-ring (bicyclic) bond motifs is 1. The van der Waals surface area contributed by atoms with Gasteiger partial charge in [-0.1, -0.05) is 13.3 Å². The summed E-state index contributed by atoms with van der Waals surface area (Å²) in [6.07, 6.45) is 1.14. The summed E-state index contributed by atoms with van der Waals surface area (Å²) in [7, 11) is 0. The van der Waals surface area contributed by atoms with Crippen molar-refractivity contribution in [3.63, 3.8) is 0 Å². The first-order valence-corrected chi connectivity index (χ1v) is 9.97. The van der Waals surface area contributed by atoms with Gasteiger partial charge in [0.1, 0.15) is 5.60 Å². The van der Waals surface area contributed by atoms with E-state index in [1.807, 2.05) is 27.7 Å². The Kier molecular flexibility index (Phi) is 7.21. The van der Waals surface area contributed by atoms with E-state index >= 15 is 0 Å². The number of rotatable bonds is 6. The zero-order valence-electron chi connectivity index (χ0n) is 17.8. The first-order chi connectivity index (χ1) is 13.5. The number of Topliss-reactive ketones (excluding diaryl/α,β-unsaturated/α-hetero) is 1. The lowest BCUT2D eigenvalue weighted by atomic mass is 10.0. The number of ether oxygens (including phenoxy) is 2. The third-order valence-electron chi connectivity index (χ3n) is 4.71. The van der Waals surface area contributed by atoms with Gasteiger partial charge in [0.15, 0.2) is 17.6 Å². The maximum Gasteiger partial charge on any atom is 0.410 e. The average Bonchev–Trinajstić information content (AvgIpc) is 2.81. The molecule has 0 spiro atoms. The van der Waals surface area contributed by atoms with Crippen LogP contribution in [0.4, 0.5) is 10.5 Å². The lowest BCUT2D eigenvalue weighted by Gasteiger charge is -2.26. The number of nitro benzene ring substituents is 1. The Morgan fingerprint density at radius 2 is 1.79 bits per heavy atom. The second-order valence-electron chi connectivity index (χ2n) is 8.32. The van der Waals surface area contributed by atoms with Crippen LogP contribution >= 0.6 is 0 Å². The van der Waals surface area contributed by atoms with E-state index in [2.05, 4.69) is 0 Å². The van der Waals surface area contributed by atoms with Crippen LogP contribution in [0.3, 0.4) is 0 Å². The van der Waals surface area contributed by atoms with Crippen LogP contribution in [0, 0.1) is 10.1 Å². The predicted molar refractivity (Wildman–Crippen MR) is 108 cm³/mol. The topological polar surface area (TPSA) is 99.0 Å². The monoisotopic (exact) mass is 406 g/mol. The third kappa shape index (κ3) is 6.17. The van der Waals surface area contributed by atoms with Gasteiger partial charge in [-0.15, -0.1) is 0 Å². The van der Waals surface area contributed by atoms with Gasteiger partial charge in [0.2, 0.25) is 0 Å². The van der Waals surface area contributed by atoms with Crippen molar-refractivity contribution >= 4 is 17.6 Å². The molecule has 8 heteroatoms. The predicted octanol–water partition coefficient (Wildman–Crippen LogP) is 4.07. The molecule has 0 fully saturated rings. The average molecular weight is 406 g/mol. The van der Waals surface area contributed by atoms with Gasteiger partial charge in [0.05, 0.1) is 4.92 Å².